The van der Waals surface area contributed by atoms with Gasteiger partial charge < -0.3 is 14.4 Å². The molecule has 28 heavy (non-hydrogen) atoms. The van der Waals surface area contributed by atoms with Gasteiger partial charge in [0.2, 0.25) is 0 Å². The van der Waals surface area contributed by atoms with Crippen LogP contribution in [0.15, 0.2) is 24.4 Å². The molecule has 1 aromatic heterocycles. The number of aromatic amines is 1. The van der Waals surface area contributed by atoms with Crippen LogP contribution in [0.2, 0.25) is 0 Å². The highest BCUT2D eigenvalue weighted by Crippen LogP contribution is 2.35. The van der Waals surface area contributed by atoms with Crippen molar-refractivity contribution in [2.24, 2.45) is 0 Å². The molecule has 1 aliphatic heterocycles. The number of H-pyrrole nitrogens is 1. The normalized spacial score (nSPS) is 17.4. The molecule has 1 atom stereocenters. The second-order valence-electron chi connectivity index (χ2n) is 7.60. The van der Waals surface area contributed by atoms with Crippen molar-refractivity contribution in [1.82, 2.24) is 15.1 Å². The van der Waals surface area contributed by atoms with E-state index in [9.17, 15) is 8.78 Å². The van der Waals surface area contributed by atoms with Gasteiger partial charge in [-0.1, -0.05) is 13.3 Å². The van der Waals surface area contributed by atoms with Crippen molar-refractivity contribution in [2.45, 2.75) is 51.7 Å². The zero-order valence-corrected chi connectivity index (χ0v) is 16.8. The second kappa shape index (κ2) is 9.01. The van der Waals surface area contributed by atoms with Crippen LogP contribution in [-0.4, -0.2) is 48.0 Å². The van der Waals surface area contributed by atoms with Crippen molar-refractivity contribution in [3.05, 3.63) is 35.5 Å². The van der Waals surface area contributed by atoms with Gasteiger partial charge in [-0.25, -0.2) is 8.78 Å². The largest absolute Gasteiger partial charge is 0.488 e. The number of aromatic nitrogens is 2. The van der Waals surface area contributed by atoms with Crippen molar-refractivity contribution in [1.29, 1.82) is 0 Å². The Balaban J connectivity index is 1.89. The number of benzene rings is 1. The number of alkyl halides is 2. The predicted molar refractivity (Wildman–Crippen MR) is 105 cm³/mol. The summed E-state index contributed by atoms with van der Waals surface area (Å²) in [5.41, 5.74) is 2.32. The molecular weight excluding hydrogens is 364 g/mol. The van der Waals surface area contributed by atoms with Crippen LogP contribution in [0.25, 0.3) is 11.3 Å². The molecule has 154 valence electrons. The van der Waals surface area contributed by atoms with Gasteiger partial charge in [-0.05, 0) is 38.2 Å². The molecular formula is C21H29F2N3O2. The summed E-state index contributed by atoms with van der Waals surface area (Å²) in [6, 6.07) is 4.74. The number of hydrogen-bond acceptors (Lipinski definition) is 4. The van der Waals surface area contributed by atoms with Gasteiger partial charge in [0.15, 0.2) is 0 Å². The Labute approximate surface area is 165 Å². The summed E-state index contributed by atoms with van der Waals surface area (Å²) in [4.78, 5) is 2.21. The molecule has 5 nitrogen and oxygen atoms in total. The van der Waals surface area contributed by atoms with Crippen molar-refractivity contribution in [2.75, 3.05) is 26.8 Å². The fourth-order valence-electron chi connectivity index (χ4n) is 3.34. The number of hydrogen-bond donors (Lipinski definition) is 1. The van der Waals surface area contributed by atoms with E-state index in [4.69, 9.17) is 9.47 Å². The molecule has 0 amide bonds. The Kier molecular flexibility index (Phi) is 6.67. The standard InChI is InChI=1S/C21H29F2N3O2/c1-4-5-7-26(3)13-16-12-24-25-20(16)15-9-17(21(2,22)23)11-19(10-15)28-18-6-8-27-14-18/h9-12,18H,4-8,13-14H2,1-3H3,(H,24,25). The molecule has 2 aromatic rings. The average Bonchev–Trinajstić information content (AvgIpc) is 3.31. The van der Waals surface area contributed by atoms with Gasteiger partial charge in [-0.3, -0.25) is 5.10 Å². The number of rotatable bonds is 9. The molecule has 1 aliphatic rings. The molecule has 0 bridgehead atoms. The van der Waals surface area contributed by atoms with Gasteiger partial charge >= 0.3 is 0 Å². The molecule has 0 radical (unpaired) electrons. The third kappa shape index (κ3) is 5.29. The van der Waals surface area contributed by atoms with Crippen LogP contribution < -0.4 is 4.74 Å². The van der Waals surface area contributed by atoms with E-state index in [1.165, 1.54) is 12.1 Å². The summed E-state index contributed by atoms with van der Waals surface area (Å²) >= 11 is 0. The molecule has 0 spiro atoms. The Hall–Kier alpha value is -1.99. The summed E-state index contributed by atoms with van der Waals surface area (Å²) in [6.45, 7) is 5.86. The highest BCUT2D eigenvalue weighted by atomic mass is 19.3. The number of unbranched alkanes of at least 4 members (excludes halogenated alkanes) is 1. The predicted octanol–water partition coefficient (Wildman–Crippen LogP) is 4.59. The molecule has 7 heteroatoms. The molecule has 1 aromatic carbocycles. The zero-order chi connectivity index (χ0) is 20.1. The summed E-state index contributed by atoms with van der Waals surface area (Å²) < 4.78 is 39.5. The van der Waals surface area contributed by atoms with E-state index < -0.39 is 5.92 Å². The van der Waals surface area contributed by atoms with Gasteiger partial charge in [0.05, 0.1) is 25.1 Å². The van der Waals surface area contributed by atoms with Crippen molar-refractivity contribution >= 4 is 0 Å². The van der Waals surface area contributed by atoms with E-state index in [0.717, 1.165) is 44.0 Å². The van der Waals surface area contributed by atoms with E-state index >= 15 is 0 Å². The first-order valence-corrected chi connectivity index (χ1v) is 9.85. The highest BCUT2D eigenvalue weighted by molar-refractivity contribution is 5.66. The van der Waals surface area contributed by atoms with Crippen molar-refractivity contribution < 1.29 is 18.3 Å². The van der Waals surface area contributed by atoms with Crippen LogP contribution in [0.4, 0.5) is 8.78 Å². The van der Waals surface area contributed by atoms with Gasteiger partial charge in [0.1, 0.15) is 11.9 Å². The molecule has 0 aliphatic carbocycles. The maximum atomic E-state index is 14.1. The number of ether oxygens (including phenoxy) is 2. The van der Waals surface area contributed by atoms with Gasteiger partial charge in [-0.2, -0.15) is 5.10 Å². The first kappa shape index (κ1) is 20.7. The number of nitrogens with zero attached hydrogens (tertiary/aromatic N) is 2. The molecule has 1 saturated heterocycles. The Morgan fingerprint density at radius 1 is 1.36 bits per heavy atom. The number of halogens is 2. The number of nitrogens with one attached hydrogen (secondary N) is 1. The van der Waals surface area contributed by atoms with Gasteiger partial charge in [0.25, 0.3) is 5.92 Å². The fourth-order valence-corrected chi connectivity index (χ4v) is 3.34. The van der Waals surface area contributed by atoms with Crippen LogP contribution in [0.5, 0.6) is 5.75 Å². The third-order valence-electron chi connectivity index (χ3n) is 4.94. The maximum Gasteiger partial charge on any atom is 0.270 e. The van der Waals surface area contributed by atoms with Crippen LogP contribution in [0.3, 0.4) is 0 Å². The van der Waals surface area contributed by atoms with Crippen LogP contribution in [0.1, 0.15) is 44.2 Å². The van der Waals surface area contributed by atoms with Crippen LogP contribution in [0, 0.1) is 0 Å². The quantitative estimate of drug-likeness (QED) is 0.677. The fraction of sp³-hybridized carbons (Fsp3) is 0.571. The molecule has 1 N–H and O–H groups in total. The van der Waals surface area contributed by atoms with E-state index in [-0.39, 0.29) is 11.7 Å². The molecule has 2 heterocycles. The lowest BCUT2D eigenvalue weighted by molar-refractivity contribution is 0.0171. The summed E-state index contributed by atoms with van der Waals surface area (Å²) in [5, 5.41) is 7.14. The lowest BCUT2D eigenvalue weighted by atomic mass is 10.0. The molecule has 3 rings (SSSR count). The second-order valence-corrected chi connectivity index (χ2v) is 7.60. The highest BCUT2D eigenvalue weighted by Gasteiger charge is 2.27. The Morgan fingerprint density at radius 2 is 2.18 bits per heavy atom. The minimum atomic E-state index is -2.96. The Bertz CT molecular complexity index is 767. The summed E-state index contributed by atoms with van der Waals surface area (Å²) in [5.74, 6) is -2.53. The van der Waals surface area contributed by atoms with E-state index in [1.807, 2.05) is 0 Å². The van der Waals surface area contributed by atoms with E-state index in [1.54, 1.807) is 12.3 Å². The monoisotopic (exact) mass is 393 g/mol. The molecule has 0 saturated carbocycles. The third-order valence-corrected chi connectivity index (χ3v) is 4.94. The first-order chi connectivity index (χ1) is 13.4. The first-order valence-electron chi connectivity index (χ1n) is 9.85. The Morgan fingerprint density at radius 3 is 2.86 bits per heavy atom. The topological polar surface area (TPSA) is 50.4 Å². The minimum Gasteiger partial charge on any atom is -0.488 e. The van der Waals surface area contributed by atoms with E-state index in [2.05, 4.69) is 29.1 Å². The van der Waals surface area contributed by atoms with E-state index in [0.29, 0.717) is 31.1 Å². The maximum absolute atomic E-state index is 14.1. The van der Waals surface area contributed by atoms with Crippen LogP contribution >= 0.6 is 0 Å². The SMILES string of the molecule is CCCCN(C)Cc1cn[nH]c1-c1cc(OC2CCOC2)cc(C(C)(F)F)c1. The zero-order valence-electron chi connectivity index (χ0n) is 16.8. The lowest BCUT2D eigenvalue weighted by Crippen LogP contribution is -2.19. The van der Waals surface area contributed by atoms with Crippen LogP contribution in [-0.2, 0) is 17.2 Å². The van der Waals surface area contributed by atoms with Gasteiger partial charge in [0, 0.05) is 36.6 Å². The minimum absolute atomic E-state index is 0.0706. The lowest BCUT2D eigenvalue weighted by Gasteiger charge is -2.19. The molecule has 1 fully saturated rings. The summed E-state index contributed by atoms with van der Waals surface area (Å²) in [7, 11) is 2.05. The average molecular weight is 393 g/mol. The van der Waals surface area contributed by atoms with Crippen molar-refractivity contribution in [3.63, 3.8) is 0 Å². The van der Waals surface area contributed by atoms with Gasteiger partial charge in [-0.15, -0.1) is 0 Å². The molecule has 1 unspecified atom stereocenters. The summed E-state index contributed by atoms with van der Waals surface area (Å²) in [6.07, 6.45) is 4.67. The van der Waals surface area contributed by atoms with Crippen molar-refractivity contribution in [3.8, 4) is 17.0 Å². The smallest absolute Gasteiger partial charge is 0.270 e.